The number of rotatable bonds is 2. The van der Waals surface area contributed by atoms with Gasteiger partial charge in [-0.1, -0.05) is 29.3 Å². The molecule has 82 valence electrons. The van der Waals surface area contributed by atoms with Crippen LogP contribution in [0.15, 0.2) is 30.3 Å². The normalized spacial score (nSPS) is 10.2. The number of hydrogen-bond acceptors (Lipinski definition) is 3. The molecule has 0 aliphatic carbocycles. The van der Waals surface area contributed by atoms with Crippen molar-refractivity contribution in [2.75, 3.05) is 5.32 Å². The third-order valence-electron chi connectivity index (χ3n) is 2.08. The summed E-state index contributed by atoms with van der Waals surface area (Å²) in [5, 5.41) is 11.8. The fourth-order valence-corrected chi connectivity index (χ4v) is 1.48. The average molecular weight is 254 g/mol. The summed E-state index contributed by atoms with van der Waals surface area (Å²) in [6.07, 6.45) is 0. The van der Waals surface area contributed by atoms with Crippen molar-refractivity contribution in [1.29, 1.82) is 0 Å². The standard InChI is InChI=1S/C11H9Cl2N3/c1-7-2-3-8(6-9(7)12)14-11-5-4-10(13)15-16-11/h2-6H,1H3,(H,14,16). The first-order valence-corrected chi connectivity index (χ1v) is 5.43. The fraction of sp³-hybridized carbons (Fsp3) is 0.0909. The molecule has 16 heavy (non-hydrogen) atoms. The van der Waals surface area contributed by atoms with E-state index in [9.17, 15) is 0 Å². The molecule has 0 aliphatic rings. The minimum absolute atomic E-state index is 0.368. The van der Waals surface area contributed by atoms with E-state index in [4.69, 9.17) is 23.2 Å². The molecule has 0 fully saturated rings. The number of aryl methyl sites for hydroxylation is 1. The Morgan fingerprint density at radius 2 is 1.88 bits per heavy atom. The SMILES string of the molecule is Cc1ccc(Nc2ccc(Cl)nn2)cc1Cl. The number of aromatic nitrogens is 2. The highest BCUT2D eigenvalue weighted by molar-refractivity contribution is 6.31. The Morgan fingerprint density at radius 3 is 2.50 bits per heavy atom. The van der Waals surface area contributed by atoms with Crippen molar-refractivity contribution in [1.82, 2.24) is 10.2 Å². The highest BCUT2D eigenvalue weighted by Crippen LogP contribution is 2.22. The zero-order valence-electron chi connectivity index (χ0n) is 8.54. The minimum atomic E-state index is 0.368. The van der Waals surface area contributed by atoms with Gasteiger partial charge in [-0.15, -0.1) is 10.2 Å². The van der Waals surface area contributed by atoms with Crippen LogP contribution in [-0.2, 0) is 0 Å². The molecule has 5 heteroatoms. The van der Waals surface area contributed by atoms with Crippen LogP contribution in [0.4, 0.5) is 11.5 Å². The third kappa shape index (κ3) is 2.62. The quantitative estimate of drug-likeness (QED) is 0.884. The van der Waals surface area contributed by atoms with Gasteiger partial charge < -0.3 is 5.32 Å². The number of hydrogen-bond donors (Lipinski definition) is 1. The number of nitrogens with one attached hydrogen (secondary N) is 1. The smallest absolute Gasteiger partial charge is 0.153 e. The molecule has 1 aromatic heterocycles. The summed E-state index contributed by atoms with van der Waals surface area (Å²) in [6.45, 7) is 1.95. The molecule has 2 aromatic rings. The van der Waals surface area contributed by atoms with Crippen molar-refractivity contribution in [2.45, 2.75) is 6.92 Å². The van der Waals surface area contributed by atoms with Crippen LogP contribution >= 0.6 is 23.2 Å². The van der Waals surface area contributed by atoms with Crippen molar-refractivity contribution < 1.29 is 0 Å². The Bertz CT molecular complexity index is 497. The van der Waals surface area contributed by atoms with Crippen molar-refractivity contribution >= 4 is 34.7 Å². The summed E-state index contributed by atoms with van der Waals surface area (Å²) in [6, 6.07) is 9.13. The minimum Gasteiger partial charge on any atom is -0.339 e. The lowest BCUT2D eigenvalue weighted by Gasteiger charge is -2.06. The second kappa shape index (κ2) is 4.68. The van der Waals surface area contributed by atoms with Crippen molar-refractivity contribution in [3.05, 3.63) is 46.1 Å². The topological polar surface area (TPSA) is 37.8 Å². The highest BCUT2D eigenvalue weighted by atomic mass is 35.5. The molecular weight excluding hydrogens is 245 g/mol. The summed E-state index contributed by atoms with van der Waals surface area (Å²) in [7, 11) is 0. The maximum Gasteiger partial charge on any atom is 0.153 e. The molecule has 0 spiro atoms. The number of nitrogens with zero attached hydrogens (tertiary/aromatic N) is 2. The Morgan fingerprint density at radius 1 is 1.06 bits per heavy atom. The summed E-state index contributed by atoms with van der Waals surface area (Å²) >= 11 is 11.6. The van der Waals surface area contributed by atoms with E-state index in [1.54, 1.807) is 12.1 Å². The van der Waals surface area contributed by atoms with Crippen LogP contribution < -0.4 is 5.32 Å². The highest BCUT2D eigenvalue weighted by Gasteiger charge is 2.00. The number of halogens is 2. The van der Waals surface area contributed by atoms with Gasteiger partial charge in [0.2, 0.25) is 0 Å². The lowest BCUT2D eigenvalue weighted by molar-refractivity contribution is 1.04. The Hall–Kier alpha value is -1.32. The van der Waals surface area contributed by atoms with Gasteiger partial charge in [-0.3, -0.25) is 0 Å². The van der Waals surface area contributed by atoms with Crippen LogP contribution in [0.2, 0.25) is 10.2 Å². The van der Waals surface area contributed by atoms with Gasteiger partial charge in [0.1, 0.15) is 0 Å². The van der Waals surface area contributed by atoms with Crippen LogP contribution in [0.1, 0.15) is 5.56 Å². The summed E-state index contributed by atoms with van der Waals surface area (Å²) < 4.78 is 0. The maximum absolute atomic E-state index is 6.01. The fourth-order valence-electron chi connectivity index (χ4n) is 1.20. The average Bonchev–Trinajstić information content (AvgIpc) is 2.27. The van der Waals surface area contributed by atoms with Gasteiger partial charge in [0.15, 0.2) is 11.0 Å². The van der Waals surface area contributed by atoms with Gasteiger partial charge in [-0.05, 0) is 36.8 Å². The van der Waals surface area contributed by atoms with E-state index in [1.807, 2.05) is 25.1 Å². The second-order valence-corrected chi connectivity index (χ2v) is 4.12. The van der Waals surface area contributed by atoms with Gasteiger partial charge in [-0.25, -0.2) is 0 Å². The molecule has 0 bridgehead atoms. The Kier molecular flexibility index (Phi) is 3.27. The van der Waals surface area contributed by atoms with E-state index in [0.717, 1.165) is 11.3 Å². The van der Waals surface area contributed by atoms with Crippen molar-refractivity contribution in [3.63, 3.8) is 0 Å². The molecule has 2 rings (SSSR count). The lowest BCUT2D eigenvalue weighted by atomic mass is 10.2. The number of benzene rings is 1. The Labute approximate surface area is 103 Å². The third-order valence-corrected chi connectivity index (χ3v) is 2.69. The molecule has 3 nitrogen and oxygen atoms in total. The summed E-state index contributed by atoms with van der Waals surface area (Å²) in [4.78, 5) is 0. The predicted octanol–water partition coefficient (Wildman–Crippen LogP) is 3.84. The molecule has 0 atom stereocenters. The van der Waals surface area contributed by atoms with Crippen LogP contribution in [0.25, 0.3) is 0 Å². The van der Waals surface area contributed by atoms with Crippen LogP contribution in [0.5, 0.6) is 0 Å². The molecule has 0 aliphatic heterocycles. The molecule has 1 heterocycles. The summed E-state index contributed by atoms with van der Waals surface area (Å²) in [5.41, 5.74) is 1.90. The largest absolute Gasteiger partial charge is 0.339 e. The molecule has 0 amide bonds. The first-order chi connectivity index (χ1) is 7.65. The van der Waals surface area contributed by atoms with E-state index in [0.29, 0.717) is 16.0 Å². The van der Waals surface area contributed by atoms with Crippen LogP contribution in [0, 0.1) is 6.92 Å². The van der Waals surface area contributed by atoms with Crippen molar-refractivity contribution in [3.8, 4) is 0 Å². The predicted molar refractivity (Wildman–Crippen MR) is 66.5 cm³/mol. The zero-order chi connectivity index (χ0) is 11.5. The first kappa shape index (κ1) is 11.2. The molecule has 0 unspecified atom stereocenters. The zero-order valence-corrected chi connectivity index (χ0v) is 10.0. The second-order valence-electron chi connectivity index (χ2n) is 3.33. The van der Waals surface area contributed by atoms with E-state index in [-0.39, 0.29) is 0 Å². The van der Waals surface area contributed by atoms with Crippen LogP contribution in [-0.4, -0.2) is 10.2 Å². The first-order valence-electron chi connectivity index (χ1n) is 4.67. The Balaban J connectivity index is 2.20. The molecule has 1 aromatic carbocycles. The molecular formula is C11H9Cl2N3. The van der Waals surface area contributed by atoms with Gasteiger partial charge in [0.05, 0.1) is 0 Å². The van der Waals surface area contributed by atoms with E-state index < -0.39 is 0 Å². The van der Waals surface area contributed by atoms with Gasteiger partial charge >= 0.3 is 0 Å². The van der Waals surface area contributed by atoms with E-state index in [2.05, 4.69) is 15.5 Å². The van der Waals surface area contributed by atoms with Gasteiger partial charge in [-0.2, -0.15) is 0 Å². The van der Waals surface area contributed by atoms with Gasteiger partial charge in [0, 0.05) is 10.7 Å². The molecule has 0 saturated carbocycles. The maximum atomic E-state index is 6.01. The van der Waals surface area contributed by atoms with Gasteiger partial charge in [0.25, 0.3) is 0 Å². The monoisotopic (exact) mass is 253 g/mol. The molecule has 0 saturated heterocycles. The van der Waals surface area contributed by atoms with E-state index >= 15 is 0 Å². The summed E-state index contributed by atoms with van der Waals surface area (Å²) in [5.74, 6) is 0.629. The molecule has 0 radical (unpaired) electrons. The van der Waals surface area contributed by atoms with Crippen LogP contribution in [0.3, 0.4) is 0 Å². The lowest BCUT2D eigenvalue weighted by Crippen LogP contribution is -1.95. The molecule has 1 N–H and O–H groups in total. The van der Waals surface area contributed by atoms with E-state index in [1.165, 1.54) is 0 Å². The number of anilines is 2. The van der Waals surface area contributed by atoms with Crippen molar-refractivity contribution in [2.24, 2.45) is 0 Å².